The molecule has 0 aromatic heterocycles. The van der Waals surface area contributed by atoms with E-state index < -0.39 is 0 Å². The standard InChI is InChI=1S/C9H17N/c1-4-7-9(5-2)8-10-6-3/h5-6,10H,3-4,7-8H2,1-2H3/b9-5-. The summed E-state index contributed by atoms with van der Waals surface area (Å²) in [6.07, 6.45) is 6.31. The van der Waals surface area contributed by atoms with Gasteiger partial charge in [0.1, 0.15) is 0 Å². The molecule has 0 saturated carbocycles. The van der Waals surface area contributed by atoms with E-state index in [-0.39, 0.29) is 0 Å². The first-order valence-corrected chi connectivity index (χ1v) is 3.83. The molecule has 0 radical (unpaired) electrons. The largest absolute Gasteiger partial charge is 0.388 e. The molecule has 0 fully saturated rings. The first kappa shape index (κ1) is 9.28. The summed E-state index contributed by atoms with van der Waals surface area (Å²) in [5.74, 6) is 0. The average Bonchev–Trinajstić information content (AvgIpc) is 1.98. The van der Waals surface area contributed by atoms with E-state index in [1.54, 1.807) is 6.20 Å². The van der Waals surface area contributed by atoms with Gasteiger partial charge in [0.2, 0.25) is 0 Å². The van der Waals surface area contributed by atoms with E-state index in [1.165, 1.54) is 18.4 Å². The van der Waals surface area contributed by atoms with Gasteiger partial charge < -0.3 is 5.32 Å². The summed E-state index contributed by atoms with van der Waals surface area (Å²) in [5, 5.41) is 3.08. The zero-order chi connectivity index (χ0) is 7.82. The maximum atomic E-state index is 3.59. The monoisotopic (exact) mass is 139 g/mol. The summed E-state index contributed by atoms with van der Waals surface area (Å²) >= 11 is 0. The van der Waals surface area contributed by atoms with Crippen molar-refractivity contribution in [3.63, 3.8) is 0 Å². The third-order valence-corrected chi connectivity index (χ3v) is 1.45. The third kappa shape index (κ3) is 4.19. The smallest absolute Gasteiger partial charge is 0.0354 e. The molecule has 0 spiro atoms. The van der Waals surface area contributed by atoms with Crippen LogP contribution in [0.5, 0.6) is 0 Å². The van der Waals surface area contributed by atoms with Crippen LogP contribution in [0, 0.1) is 0 Å². The van der Waals surface area contributed by atoms with Crippen molar-refractivity contribution >= 4 is 0 Å². The molecule has 58 valence electrons. The lowest BCUT2D eigenvalue weighted by Gasteiger charge is -2.03. The third-order valence-electron chi connectivity index (χ3n) is 1.45. The van der Waals surface area contributed by atoms with Crippen LogP contribution in [0.4, 0.5) is 0 Å². The lowest BCUT2D eigenvalue weighted by molar-refractivity contribution is 0.823. The van der Waals surface area contributed by atoms with E-state index in [1.807, 2.05) is 0 Å². The highest BCUT2D eigenvalue weighted by molar-refractivity contribution is 5.02. The van der Waals surface area contributed by atoms with Crippen molar-refractivity contribution in [1.82, 2.24) is 5.32 Å². The number of hydrogen-bond acceptors (Lipinski definition) is 1. The molecule has 0 saturated heterocycles. The van der Waals surface area contributed by atoms with Gasteiger partial charge in [-0.2, -0.15) is 0 Å². The summed E-state index contributed by atoms with van der Waals surface area (Å²) in [7, 11) is 0. The van der Waals surface area contributed by atoms with Gasteiger partial charge in [0.05, 0.1) is 0 Å². The minimum absolute atomic E-state index is 0.952. The van der Waals surface area contributed by atoms with Gasteiger partial charge in [-0.1, -0.05) is 31.6 Å². The van der Waals surface area contributed by atoms with Crippen LogP contribution in [0.3, 0.4) is 0 Å². The molecule has 0 aliphatic carbocycles. The zero-order valence-electron chi connectivity index (χ0n) is 6.98. The SMILES string of the molecule is C=CNC/C(=C\C)CCC. The second kappa shape index (κ2) is 6.40. The molecule has 0 aliphatic heterocycles. The Bertz CT molecular complexity index is 114. The maximum Gasteiger partial charge on any atom is 0.0354 e. The fourth-order valence-electron chi connectivity index (χ4n) is 0.859. The molecule has 10 heavy (non-hydrogen) atoms. The van der Waals surface area contributed by atoms with Gasteiger partial charge in [0.15, 0.2) is 0 Å². The molecule has 0 bridgehead atoms. The van der Waals surface area contributed by atoms with Gasteiger partial charge in [-0.15, -0.1) is 0 Å². The molecule has 0 aliphatic rings. The second-order valence-corrected chi connectivity index (χ2v) is 2.28. The van der Waals surface area contributed by atoms with Gasteiger partial charge in [-0.3, -0.25) is 0 Å². The predicted molar refractivity (Wildman–Crippen MR) is 46.9 cm³/mol. The van der Waals surface area contributed by atoms with E-state index in [0.29, 0.717) is 0 Å². The van der Waals surface area contributed by atoms with Crippen molar-refractivity contribution in [2.24, 2.45) is 0 Å². The number of hydrogen-bond donors (Lipinski definition) is 1. The van der Waals surface area contributed by atoms with Crippen LogP contribution in [-0.4, -0.2) is 6.54 Å². The van der Waals surface area contributed by atoms with Crippen molar-refractivity contribution in [3.05, 3.63) is 24.4 Å². The van der Waals surface area contributed by atoms with Gasteiger partial charge in [-0.25, -0.2) is 0 Å². The van der Waals surface area contributed by atoms with Crippen LogP contribution in [0.15, 0.2) is 24.4 Å². The molecule has 0 aromatic carbocycles. The van der Waals surface area contributed by atoms with E-state index >= 15 is 0 Å². The minimum Gasteiger partial charge on any atom is -0.388 e. The molecule has 0 atom stereocenters. The van der Waals surface area contributed by atoms with Crippen molar-refractivity contribution in [2.45, 2.75) is 26.7 Å². The number of rotatable bonds is 5. The van der Waals surface area contributed by atoms with E-state index in [4.69, 9.17) is 0 Å². The molecule has 0 unspecified atom stereocenters. The van der Waals surface area contributed by atoms with Gasteiger partial charge in [0, 0.05) is 6.54 Å². The van der Waals surface area contributed by atoms with Gasteiger partial charge >= 0.3 is 0 Å². The van der Waals surface area contributed by atoms with Crippen molar-refractivity contribution < 1.29 is 0 Å². The molecule has 1 N–H and O–H groups in total. The first-order chi connectivity index (χ1) is 4.85. The lowest BCUT2D eigenvalue weighted by Crippen LogP contribution is -2.08. The highest BCUT2D eigenvalue weighted by Crippen LogP contribution is 2.01. The molecule has 0 amide bonds. The summed E-state index contributed by atoms with van der Waals surface area (Å²) in [5.41, 5.74) is 1.46. The molecular formula is C9H17N. The Hall–Kier alpha value is -0.720. The fraction of sp³-hybridized carbons (Fsp3) is 0.556. The number of nitrogens with one attached hydrogen (secondary N) is 1. The van der Waals surface area contributed by atoms with Crippen LogP contribution < -0.4 is 5.32 Å². The summed E-state index contributed by atoms with van der Waals surface area (Å²) in [4.78, 5) is 0. The maximum absolute atomic E-state index is 3.59. The summed E-state index contributed by atoms with van der Waals surface area (Å²) < 4.78 is 0. The van der Waals surface area contributed by atoms with Gasteiger partial charge in [0.25, 0.3) is 0 Å². The second-order valence-electron chi connectivity index (χ2n) is 2.28. The predicted octanol–water partition coefficient (Wildman–Crippen LogP) is 2.47. The Balaban J connectivity index is 3.51. The first-order valence-electron chi connectivity index (χ1n) is 3.83. The Kier molecular flexibility index (Phi) is 5.94. The Morgan fingerprint density at radius 2 is 2.30 bits per heavy atom. The summed E-state index contributed by atoms with van der Waals surface area (Å²) in [6, 6.07) is 0. The normalized spacial score (nSPS) is 11.2. The van der Waals surface area contributed by atoms with E-state index in [9.17, 15) is 0 Å². The quantitative estimate of drug-likeness (QED) is 0.577. The Morgan fingerprint density at radius 1 is 1.60 bits per heavy atom. The summed E-state index contributed by atoms with van der Waals surface area (Å²) in [6.45, 7) is 8.81. The minimum atomic E-state index is 0.952. The van der Waals surface area contributed by atoms with Crippen molar-refractivity contribution in [2.75, 3.05) is 6.54 Å². The van der Waals surface area contributed by atoms with Crippen LogP contribution in [-0.2, 0) is 0 Å². The molecular weight excluding hydrogens is 122 g/mol. The highest BCUT2D eigenvalue weighted by Gasteiger charge is 1.90. The fourth-order valence-corrected chi connectivity index (χ4v) is 0.859. The van der Waals surface area contributed by atoms with Crippen LogP contribution in [0.1, 0.15) is 26.7 Å². The van der Waals surface area contributed by atoms with Crippen LogP contribution >= 0.6 is 0 Å². The van der Waals surface area contributed by atoms with Gasteiger partial charge in [-0.05, 0) is 19.5 Å². The average molecular weight is 139 g/mol. The topological polar surface area (TPSA) is 12.0 Å². The molecule has 0 heterocycles. The van der Waals surface area contributed by atoms with Crippen LogP contribution in [0.2, 0.25) is 0 Å². The number of allylic oxidation sites excluding steroid dienone is 1. The van der Waals surface area contributed by atoms with Crippen LogP contribution in [0.25, 0.3) is 0 Å². The Morgan fingerprint density at radius 3 is 2.70 bits per heavy atom. The molecule has 1 heteroatoms. The van der Waals surface area contributed by atoms with Crippen molar-refractivity contribution in [1.29, 1.82) is 0 Å². The lowest BCUT2D eigenvalue weighted by atomic mass is 10.1. The van der Waals surface area contributed by atoms with E-state index in [2.05, 4.69) is 31.8 Å². The van der Waals surface area contributed by atoms with E-state index in [0.717, 1.165) is 6.54 Å². The zero-order valence-corrected chi connectivity index (χ0v) is 6.98. The Labute approximate surface area is 63.8 Å². The van der Waals surface area contributed by atoms with Crippen molar-refractivity contribution in [3.8, 4) is 0 Å². The molecule has 0 aromatic rings. The highest BCUT2D eigenvalue weighted by atomic mass is 14.8. The molecule has 0 rings (SSSR count). The molecule has 1 nitrogen and oxygen atoms in total.